The Morgan fingerprint density at radius 1 is 1.00 bits per heavy atom. The lowest BCUT2D eigenvalue weighted by atomic mass is 9.96. The van der Waals surface area contributed by atoms with Crippen molar-refractivity contribution in [1.29, 1.82) is 0 Å². The number of carbonyl (C=O) groups is 4. The van der Waals surface area contributed by atoms with Crippen LogP contribution in [-0.4, -0.2) is 65.7 Å². The van der Waals surface area contributed by atoms with E-state index < -0.39 is 35.1 Å². The summed E-state index contributed by atoms with van der Waals surface area (Å²) in [5.41, 5.74) is -0.294. The molecule has 1 aliphatic heterocycles. The fourth-order valence-electron chi connectivity index (χ4n) is 5.36. The number of nitrogens with zero attached hydrogens (tertiary/aromatic N) is 4. The van der Waals surface area contributed by atoms with Crippen molar-refractivity contribution in [3.8, 4) is 17.0 Å². The zero-order chi connectivity index (χ0) is 35.8. The van der Waals surface area contributed by atoms with Crippen LogP contribution in [-0.2, 0) is 9.47 Å². The van der Waals surface area contributed by atoms with Crippen LogP contribution in [0, 0.1) is 12.7 Å². The molecule has 0 saturated carbocycles. The van der Waals surface area contributed by atoms with Crippen LogP contribution in [0.25, 0.3) is 21.9 Å². The van der Waals surface area contributed by atoms with Gasteiger partial charge in [-0.1, -0.05) is 18.2 Å². The van der Waals surface area contributed by atoms with Gasteiger partial charge >= 0.3 is 12.2 Å². The Bertz CT molecular complexity index is 1980. The predicted molar refractivity (Wildman–Crippen MR) is 183 cm³/mol. The molecule has 5 rings (SSSR count). The van der Waals surface area contributed by atoms with Gasteiger partial charge in [-0.05, 0) is 77.6 Å². The van der Waals surface area contributed by atoms with Crippen LogP contribution in [0.2, 0.25) is 0 Å². The lowest BCUT2D eigenvalue weighted by molar-refractivity contribution is 0.0564. The molecule has 0 aliphatic carbocycles. The van der Waals surface area contributed by atoms with Crippen molar-refractivity contribution in [2.75, 3.05) is 35.3 Å². The number of ether oxygens (including phenoxy) is 3. The molecule has 0 bridgehead atoms. The van der Waals surface area contributed by atoms with Gasteiger partial charge < -0.3 is 14.2 Å². The fraction of sp³-hybridized carbons (Fsp3) is 0.333. The number of aldehydes is 1. The number of carbonyl (C=O) groups excluding carboxylic acids is 4. The molecule has 0 spiro atoms. The highest BCUT2D eigenvalue weighted by Crippen LogP contribution is 2.43. The summed E-state index contributed by atoms with van der Waals surface area (Å²) in [6.07, 6.45) is 1.88. The minimum absolute atomic E-state index is 0.0403. The first-order chi connectivity index (χ1) is 23.0. The lowest BCUT2D eigenvalue weighted by Gasteiger charge is -2.32. The summed E-state index contributed by atoms with van der Waals surface area (Å²) in [6.45, 7) is 12.4. The van der Waals surface area contributed by atoms with Crippen LogP contribution < -0.4 is 19.9 Å². The summed E-state index contributed by atoms with van der Waals surface area (Å²) in [6, 6.07) is 9.49. The molecular weight excluding hydrogens is 633 g/mol. The van der Waals surface area contributed by atoms with Gasteiger partial charge in [-0.3, -0.25) is 24.7 Å². The minimum atomic E-state index is -0.892. The van der Waals surface area contributed by atoms with Gasteiger partial charge in [0.05, 0.1) is 17.8 Å². The molecule has 0 saturated heterocycles. The third-order valence-corrected chi connectivity index (χ3v) is 7.54. The molecule has 0 unspecified atom stereocenters. The monoisotopic (exact) mass is 671 g/mol. The van der Waals surface area contributed by atoms with Crippen LogP contribution in [0.1, 0.15) is 67.8 Å². The van der Waals surface area contributed by atoms with E-state index in [2.05, 4.69) is 15.3 Å². The van der Waals surface area contributed by atoms with Gasteiger partial charge in [0.1, 0.15) is 29.3 Å². The normalized spacial score (nSPS) is 12.9. The zero-order valence-electron chi connectivity index (χ0n) is 28.6. The fourth-order valence-corrected chi connectivity index (χ4v) is 5.36. The third-order valence-electron chi connectivity index (χ3n) is 7.54. The number of pyridine rings is 2. The molecule has 49 heavy (non-hydrogen) atoms. The van der Waals surface area contributed by atoms with Gasteiger partial charge in [0.15, 0.2) is 12.1 Å². The number of benzene rings is 2. The maximum atomic E-state index is 16.7. The molecule has 13 heteroatoms. The Balaban J connectivity index is 1.67. The molecule has 0 atom stereocenters. The number of hydrogen-bond donors (Lipinski definition) is 1. The maximum Gasteiger partial charge on any atom is 0.415 e. The molecule has 1 aliphatic rings. The SMILES string of the molecule is Cc1c(-c2cc3cc(N(C)C(=O)c4ccccc4C=O)ncc3c(NC(=O)OC(C)(C)C)c2F)cnc2c1N(C(=O)OC(C)(C)C)CCO2. The second-order valence-electron chi connectivity index (χ2n) is 13.5. The first-order valence-corrected chi connectivity index (χ1v) is 15.6. The van der Waals surface area contributed by atoms with E-state index in [4.69, 9.17) is 14.2 Å². The number of nitrogens with one attached hydrogen (secondary N) is 1. The first kappa shape index (κ1) is 34.7. The van der Waals surface area contributed by atoms with E-state index >= 15 is 4.39 Å². The topological polar surface area (TPSA) is 140 Å². The van der Waals surface area contributed by atoms with Gasteiger partial charge in [0.2, 0.25) is 5.88 Å². The molecular formula is C36H38FN5O7. The maximum absolute atomic E-state index is 16.7. The second kappa shape index (κ2) is 13.1. The first-order valence-electron chi connectivity index (χ1n) is 15.6. The Labute approximate surface area is 283 Å². The van der Waals surface area contributed by atoms with E-state index in [1.807, 2.05) is 0 Å². The van der Waals surface area contributed by atoms with Crippen molar-refractivity contribution < 1.29 is 37.8 Å². The smallest absolute Gasteiger partial charge is 0.415 e. The molecule has 0 radical (unpaired) electrons. The molecule has 1 N–H and O–H groups in total. The van der Waals surface area contributed by atoms with Crippen molar-refractivity contribution in [2.45, 2.75) is 59.7 Å². The number of rotatable bonds is 5. The molecule has 2 aromatic heterocycles. The van der Waals surface area contributed by atoms with Gasteiger partial charge in [-0.15, -0.1) is 0 Å². The summed E-state index contributed by atoms with van der Waals surface area (Å²) in [5, 5.41) is 3.18. The highest BCUT2D eigenvalue weighted by atomic mass is 19.1. The van der Waals surface area contributed by atoms with Gasteiger partial charge in [0, 0.05) is 41.5 Å². The summed E-state index contributed by atoms with van der Waals surface area (Å²) in [5.74, 6) is -0.902. The van der Waals surface area contributed by atoms with E-state index in [1.165, 1.54) is 41.4 Å². The van der Waals surface area contributed by atoms with E-state index in [9.17, 15) is 19.2 Å². The van der Waals surface area contributed by atoms with Crippen LogP contribution >= 0.6 is 0 Å². The molecule has 3 amide bonds. The minimum Gasteiger partial charge on any atom is -0.474 e. The number of amides is 3. The molecule has 0 fully saturated rings. The largest absolute Gasteiger partial charge is 0.474 e. The van der Waals surface area contributed by atoms with Crippen LogP contribution in [0.5, 0.6) is 5.88 Å². The Morgan fingerprint density at radius 3 is 2.37 bits per heavy atom. The van der Waals surface area contributed by atoms with Crippen molar-refractivity contribution in [2.24, 2.45) is 0 Å². The molecule has 2 aromatic carbocycles. The molecule has 3 heterocycles. The van der Waals surface area contributed by atoms with Gasteiger partial charge in [0.25, 0.3) is 5.91 Å². The highest BCUT2D eigenvalue weighted by molar-refractivity contribution is 6.11. The van der Waals surface area contributed by atoms with Gasteiger partial charge in [-0.25, -0.2) is 23.9 Å². The van der Waals surface area contributed by atoms with Crippen molar-refractivity contribution in [3.05, 3.63) is 71.3 Å². The average molecular weight is 672 g/mol. The summed E-state index contributed by atoms with van der Waals surface area (Å²) < 4.78 is 33.5. The lowest BCUT2D eigenvalue weighted by Crippen LogP contribution is -2.42. The summed E-state index contributed by atoms with van der Waals surface area (Å²) in [7, 11) is 1.51. The molecule has 4 aromatic rings. The summed E-state index contributed by atoms with van der Waals surface area (Å²) >= 11 is 0. The Kier molecular flexibility index (Phi) is 9.31. The van der Waals surface area contributed by atoms with Crippen LogP contribution in [0.15, 0.2) is 48.8 Å². The Hall–Kier alpha value is -5.59. The van der Waals surface area contributed by atoms with Crippen molar-refractivity contribution >= 4 is 52.3 Å². The zero-order valence-corrected chi connectivity index (χ0v) is 28.6. The quantitative estimate of drug-likeness (QED) is 0.216. The van der Waals surface area contributed by atoms with Crippen LogP contribution in [0.3, 0.4) is 0 Å². The van der Waals surface area contributed by atoms with Crippen molar-refractivity contribution in [3.63, 3.8) is 0 Å². The Morgan fingerprint density at radius 2 is 1.69 bits per heavy atom. The van der Waals surface area contributed by atoms with E-state index in [0.29, 0.717) is 28.5 Å². The van der Waals surface area contributed by atoms with E-state index in [0.717, 1.165) is 0 Å². The number of halogens is 1. The van der Waals surface area contributed by atoms with Gasteiger partial charge in [-0.2, -0.15) is 0 Å². The number of hydrogen-bond acceptors (Lipinski definition) is 9. The second-order valence-corrected chi connectivity index (χ2v) is 13.5. The molecule has 256 valence electrons. The molecule has 12 nitrogen and oxygen atoms in total. The van der Waals surface area contributed by atoms with E-state index in [-0.39, 0.29) is 52.6 Å². The van der Waals surface area contributed by atoms with Crippen LogP contribution in [0.4, 0.5) is 31.2 Å². The van der Waals surface area contributed by atoms with Crippen molar-refractivity contribution in [1.82, 2.24) is 9.97 Å². The third kappa shape index (κ3) is 7.30. The standard InChI is InChI=1S/C36H38FN5O7/c1-20-25(17-39-31-30(20)42(13-14-47-31)34(46)49-36(5,6)7)24-15-22-16-27(41(8)32(44)23-12-10-9-11-21(23)19-43)38-18-26(22)29(28(24)37)40-33(45)48-35(2,3)4/h9-12,15-19H,13-14H2,1-8H3,(H,40,45). The number of fused-ring (bicyclic) bond motifs is 2. The average Bonchev–Trinajstić information content (AvgIpc) is 3.03. The number of anilines is 3. The van der Waals surface area contributed by atoms with E-state index in [1.54, 1.807) is 72.7 Å². The summed E-state index contributed by atoms with van der Waals surface area (Å²) in [4.78, 5) is 62.7. The number of aromatic nitrogens is 2. The highest BCUT2D eigenvalue weighted by Gasteiger charge is 2.33. The predicted octanol–water partition coefficient (Wildman–Crippen LogP) is 7.31.